The Bertz CT molecular complexity index is 690. The highest BCUT2D eigenvalue weighted by Gasteiger charge is 2.12. The van der Waals surface area contributed by atoms with Crippen LogP contribution >= 0.6 is 23.4 Å². The molecule has 1 amide bonds. The summed E-state index contributed by atoms with van der Waals surface area (Å²) in [4.78, 5) is 25.9. The quantitative estimate of drug-likeness (QED) is 0.495. The van der Waals surface area contributed by atoms with Crippen LogP contribution in [0.3, 0.4) is 0 Å². The zero-order valence-electron chi connectivity index (χ0n) is 10.8. The fraction of sp³-hybridized carbons (Fsp3) is 0.182. The molecule has 0 aliphatic heterocycles. The number of halogens is 1. The van der Waals surface area contributed by atoms with Crippen molar-refractivity contribution in [2.24, 2.45) is 0 Å². The number of carbonyl (C=O) groups is 1. The number of nitrogens with zero attached hydrogens (tertiary/aromatic N) is 3. The van der Waals surface area contributed by atoms with E-state index < -0.39 is 4.92 Å². The molecule has 2 rings (SSSR count). The minimum Gasteiger partial charge on any atom is -0.324 e. The predicted octanol–water partition coefficient (Wildman–Crippen LogP) is 2.41. The lowest BCUT2D eigenvalue weighted by molar-refractivity contribution is -0.384. The lowest BCUT2D eigenvalue weighted by Crippen LogP contribution is -2.14. The van der Waals surface area contributed by atoms with Crippen molar-refractivity contribution < 1.29 is 9.72 Å². The van der Waals surface area contributed by atoms with Crippen molar-refractivity contribution in [3.05, 3.63) is 39.2 Å². The highest BCUT2D eigenvalue weighted by Crippen LogP contribution is 2.26. The lowest BCUT2D eigenvalue weighted by atomic mass is 10.3. The second-order valence-electron chi connectivity index (χ2n) is 3.96. The van der Waals surface area contributed by atoms with Gasteiger partial charge in [0, 0.05) is 12.1 Å². The van der Waals surface area contributed by atoms with Gasteiger partial charge in [0.25, 0.3) is 5.69 Å². The normalized spacial score (nSPS) is 10.4. The molecule has 0 saturated carbocycles. The number of carbonyl (C=O) groups excluding carboxylic acids is 1. The number of benzene rings is 1. The molecule has 0 spiro atoms. The van der Waals surface area contributed by atoms with Gasteiger partial charge in [-0.15, -0.1) is 5.10 Å². The molecule has 8 nitrogen and oxygen atoms in total. The Balaban J connectivity index is 1.94. The van der Waals surface area contributed by atoms with Gasteiger partial charge in [-0.1, -0.05) is 23.4 Å². The third kappa shape index (κ3) is 4.17. The minimum atomic E-state index is -0.557. The van der Waals surface area contributed by atoms with Crippen LogP contribution in [0.15, 0.2) is 23.4 Å². The van der Waals surface area contributed by atoms with Crippen molar-refractivity contribution in [3.8, 4) is 0 Å². The van der Waals surface area contributed by atoms with Crippen LogP contribution in [0, 0.1) is 17.0 Å². The van der Waals surface area contributed by atoms with Crippen molar-refractivity contribution in [3.63, 3.8) is 0 Å². The van der Waals surface area contributed by atoms with Crippen LogP contribution in [0.4, 0.5) is 11.4 Å². The maximum absolute atomic E-state index is 11.8. The Morgan fingerprint density at radius 3 is 2.90 bits per heavy atom. The third-order valence-corrected chi connectivity index (χ3v) is 3.51. The number of hydrogen-bond acceptors (Lipinski definition) is 6. The van der Waals surface area contributed by atoms with Gasteiger partial charge in [0.2, 0.25) is 11.1 Å². The molecule has 0 radical (unpaired) electrons. The third-order valence-electron chi connectivity index (χ3n) is 2.35. The number of aryl methyl sites for hydroxylation is 1. The fourth-order valence-corrected chi connectivity index (χ4v) is 2.29. The van der Waals surface area contributed by atoms with Crippen molar-refractivity contribution in [1.29, 1.82) is 0 Å². The summed E-state index contributed by atoms with van der Waals surface area (Å²) in [6.07, 6.45) is 0. The Hall–Kier alpha value is -2.13. The van der Waals surface area contributed by atoms with E-state index >= 15 is 0 Å². The predicted molar refractivity (Wildman–Crippen MR) is 78.6 cm³/mol. The molecule has 10 heteroatoms. The molecule has 2 N–H and O–H groups in total. The number of anilines is 1. The van der Waals surface area contributed by atoms with Gasteiger partial charge in [0.1, 0.15) is 5.82 Å². The van der Waals surface area contributed by atoms with Gasteiger partial charge in [0.15, 0.2) is 0 Å². The van der Waals surface area contributed by atoms with Crippen molar-refractivity contribution in [1.82, 2.24) is 15.2 Å². The maximum atomic E-state index is 11.8. The van der Waals surface area contributed by atoms with E-state index in [9.17, 15) is 14.9 Å². The summed E-state index contributed by atoms with van der Waals surface area (Å²) in [5, 5.41) is 20.3. The minimum absolute atomic E-state index is 0.102. The van der Waals surface area contributed by atoms with Crippen LogP contribution in [0.1, 0.15) is 5.82 Å². The van der Waals surface area contributed by atoms with Gasteiger partial charge in [-0.05, 0) is 13.0 Å². The molecule has 0 fully saturated rings. The number of non-ortho nitro benzene ring substituents is 1. The van der Waals surface area contributed by atoms with E-state index in [1.807, 2.05) is 0 Å². The van der Waals surface area contributed by atoms with Gasteiger partial charge >= 0.3 is 0 Å². The average molecular weight is 328 g/mol. The Labute approximate surface area is 128 Å². The topological polar surface area (TPSA) is 114 Å². The lowest BCUT2D eigenvalue weighted by Gasteiger charge is -2.06. The molecule has 0 saturated heterocycles. The van der Waals surface area contributed by atoms with Gasteiger partial charge in [-0.3, -0.25) is 20.0 Å². The van der Waals surface area contributed by atoms with Crippen LogP contribution in [0.5, 0.6) is 0 Å². The Kier molecular flexibility index (Phi) is 4.76. The number of aromatic amines is 1. The van der Waals surface area contributed by atoms with Gasteiger partial charge in [-0.25, -0.2) is 4.98 Å². The van der Waals surface area contributed by atoms with Gasteiger partial charge < -0.3 is 5.32 Å². The SMILES string of the molecule is Cc1nc(SCC(=O)Nc2ccc([N+](=O)[O-])cc2Cl)n[nH]1. The second-order valence-corrected chi connectivity index (χ2v) is 5.31. The van der Waals surface area contributed by atoms with Gasteiger partial charge in [0.05, 0.1) is 21.4 Å². The number of nitro benzene ring substituents is 1. The number of nitrogens with one attached hydrogen (secondary N) is 2. The number of hydrogen-bond donors (Lipinski definition) is 2. The molecule has 0 atom stereocenters. The molecule has 2 aromatic rings. The Morgan fingerprint density at radius 1 is 1.57 bits per heavy atom. The number of aromatic nitrogens is 3. The first-order valence-electron chi connectivity index (χ1n) is 5.71. The van der Waals surface area contributed by atoms with E-state index in [0.717, 1.165) is 0 Å². The molecule has 0 bridgehead atoms. The largest absolute Gasteiger partial charge is 0.324 e. The number of nitro groups is 1. The first kappa shape index (κ1) is 15.3. The van der Waals surface area contributed by atoms with E-state index in [4.69, 9.17) is 11.6 Å². The standard InChI is InChI=1S/C11H10ClN5O3S/c1-6-13-11(16-15-6)21-5-10(18)14-9-3-2-7(17(19)20)4-8(9)12/h2-4H,5H2,1H3,(H,14,18)(H,13,15,16). The first-order chi connectivity index (χ1) is 9.95. The molecule has 1 heterocycles. The monoisotopic (exact) mass is 327 g/mol. The molecule has 0 aliphatic carbocycles. The number of H-pyrrole nitrogens is 1. The zero-order chi connectivity index (χ0) is 15.4. The number of thioether (sulfide) groups is 1. The molecule has 0 unspecified atom stereocenters. The highest BCUT2D eigenvalue weighted by atomic mass is 35.5. The van der Waals surface area contributed by atoms with E-state index in [1.54, 1.807) is 6.92 Å². The molecule has 1 aromatic carbocycles. The number of rotatable bonds is 5. The number of amides is 1. The van der Waals surface area contributed by atoms with Crippen LogP contribution in [-0.4, -0.2) is 31.8 Å². The zero-order valence-corrected chi connectivity index (χ0v) is 12.4. The highest BCUT2D eigenvalue weighted by molar-refractivity contribution is 7.99. The summed E-state index contributed by atoms with van der Waals surface area (Å²) >= 11 is 7.05. The summed E-state index contributed by atoms with van der Waals surface area (Å²) in [5.41, 5.74) is 0.183. The first-order valence-corrected chi connectivity index (χ1v) is 7.07. The van der Waals surface area contributed by atoms with Crippen molar-refractivity contribution in [2.45, 2.75) is 12.1 Å². The smallest absolute Gasteiger partial charge is 0.271 e. The Morgan fingerprint density at radius 2 is 2.33 bits per heavy atom. The summed E-state index contributed by atoms with van der Waals surface area (Å²) in [6, 6.07) is 3.84. The molecule has 1 aromatic heterocycles. The molecule has 21 heavy (non-hydrogen) atoms. The maximum Gasteiger partial charge on any atom is 0.271 e. The van der Waals surface area contributed by atoms with E-state index in [0.29, 0.717) is 16.7 Å². The van der Waals surface area contributed by atoms with E-state index in [-0.39, 0.29) is 22.4 Å². The van der Waals surface area contributed by atoms with Crippen LogP contribution in [-0.2, 0) is 4.79 Å². The average Bonchev–Trinajstić information content (AvgIpc) is 2.84. The van der Waals surface area contributed by atoms with Gasteiger partial charge in [-0.2, -0.15) is 0 Å². The molecular weight excluding hydrogens is 318 g/mol. The second kappa shape index (κ2) is 6.55. The fourth-order valence-electron chi connectivity index (χ4n) is 1.42. The van der Waals surface area contributed by atoms with Crippen LogP contribution in [0.2, 0.25) is 5.02 Å². The van der Waals surface area contributed by atoms with Crippen molar-refractivity contribution in [2.75, 3.05) is 11.1 Å². The van der Waals surface area contributed by atoms with Crippen LogP contribution in [0.25, 0.3) is 0 Å². The summed E-state index contributed by atoms with van der Waals surface area (Å²) in [7, 11) is 0. The van der Waals surface area contributed by atoms with E-state index in [2.05, 4.69) is 20.5 Å². The summed E-state index contributed by atoms with van der Waals surface area (Å²) < 4.78 is 0. The molecule has 110 valence electrons. The molecule has 0 aliphatic rings. The molecular formula is C11H10ClN5O3S. The summed E-state index contributed by atoms with van der Waals surface area (Å²) in [5.74, 6) is 0.458. The van der Waals surface area contributed by atoms with Crippen molar-refractivity contribution >= 4 is 40.6 Å². The van der Waals surface area contributed by atoms with E-state index in [1.165, 1.54) is 30.0 Å². The van der Waals surface area contributed by atoms with Crippen LogP contribution < -0.4 is 5.32 Å². The summed E-state index contributed by atoms with van der Waals surface area (Å²) in [6.45, 7) is 1.76.